The van der Waals surface area contributed by atoms with Crippen LogP contribution in [-0.2, 0) is 0 Å². The zero-order valence-electron chi connectivity index (χ0n) is 8.90. The molecule has 0 spiro atoms. The van der Waals surface area contributed by atoms with Gasteiger partial charge in [0.25, 0.3) is 0 Å². The van der Waals surface area contributed by atoms with Crippen LogP contribution in [0.4, 0.5) is 10.1 Å². The van der Waals surface area contributed by atoms with Crippen molar-refractivity contribution in [1.29, 1.82) is 0 Å². The van der Waals surface area contributed by atoms with Gasteiger partial charge in [-0.2, -0.15) is 0 Å². The van der Waals surface area contributed by atoms with Crippen molar-refractivity contribution >= 4 is 27.5 Å². The first-order valence-electron chi connectivity index (χ1n) is 5.01. The minimum absolute atomic E-state index is 0.231. The van der Waals surface area contributed by atoms with Gasteiger partial charge in [0.1, 0.15) is 17.3 Å². The summed E-state index contributed by atoms with van der Waals surface area (Å²) in [5.41, 5.74) is 6.81. The number of hydrogen-bond donors (Lipinski definition) is 1. The second-order valence-electron chi connectivity index (χ2n) is 3.46. The molecule has 0 amide bonds. The fourth-order valence-electron chi connectivity index (χ4n) is 1.38. The van der Waals surface area contributed by atoms with Crippen molar-refractivity contribution in [2.24, 2.45) is 10.7 Å². The third-order valence-corrected chi connectivity index (χ3v) is 2.71. The molecule has 0 saturated carbocycles. The lowest BCUT2D eigenvalue weighted by atomic mass is 10.2. The molecule has 4 heteroatoms. The molecule has 2 rings (SSSR count). The van der Waals surface area contributed by atoms with Gasteiger partial charge in [0.2, 0.25) is 0 Å². The number of nitrogens with two attached hydrogens (primary N) is 1. The van der Waals surface area contributed by atoms with E-state index in [4.69, 9.17) is 5.73 Å². The average molecular weight is 293 g/mol. The van der Waals surface area contributed by atoms with E-state index in [1.54, 1.807) is 12.1 Å². The van der Waals surface area contributed by atoms with Crippen LogP contribution in [-0.4, -0.2) is 5.84 Å². The summed E-state index contributed by atoms with van der Waals surface area (Å²) in [5.74, 6) is -0.106. The Morgan fingerprint density at radius 2 is 1.82 bits per heavy atom. The van der Waals surface area contributed by atoms with Crippen LogP contribution in [0.1, 0.15) is 5.56 Å². The summed E-state index contributed by atoms with van der Waals surface area (Å²) in [5, 5.41) is 0. The number of hydrogen-bond acceptors (Lipinski definition) is 1. The molecule has 0 saturated heterocycles. The molecule has 0 aliphatic rings. The third kappa shape index (κ3) is 2.91. The van der Waals surface area contributed by atoms with Gasteiger partial charge >= 0.3 is 0 Å². The van der Waals surface area contributed by atoms with Crippen molar-refractivity contribution in [2.45, 2.75) is 0 Å². The highest BCUT2D eigenvalue weighted by Crippen LogP contribution is 2.22. The summed E-state index contributed by atoms with van der Waals surface area (Å²) in [6.07, 6.45) is 0. The molecule has 0 bridgehead atoms. The van der Waals surface area contributed by atoms with Gasteiger partial charge < -0.3 is 5.73 Å². The van der Waals surface area contributed by atoms with Gasteiger partial charge in [-0.05, 0) is 18.2 Å². The number of rotatable bonds is 2. The Labute approximate surface area is 107 Å². The zero-order valence-corrected chi connectivity index (χ0v) is 10.5. The van der Waals surface area contributed by atoms with Gasteiger partial charge in [-0.25, -0.2) is 9.38 Å². The van der Waals surface area contributed by atoms with Crippen LogP contribution in [0.25, 0.3) is 0 Å². The molecule has 17 heavy (non-hydrogen) atoms. The summed E-state index contributed by atoms with van der Waals surface area (Å²) in [7, 11) is 0. The fourth-order valence-corrected chi connectivity index (χ4v) is 1.71. The maximum absolute atomic E-state index is 13.5. The number of halogens is 2. The molecule has 0 radical (unpaired) electrons. The van der Waals surface area contributed by atoms with E-state index in [1.165, 1.54) is 6.07 Å². The minimum Gasteiger partial charge on any atom is -0.383 e. The Morgan fingerprint density at radius 3 is 2.47 bits per heavy atom. The first-order chi connectivity index (χ1) is 8.16. The Kier molecular flexibility index (Phi) is 3.54. The Balaban J connectivity index is 2.36. The van der Waals surface area contributed by atoms with E-state index in [9.17, 15) is 4.39 Å². The van der Waals surface area contributed by atoms with Crippen molar-refractivity contribution in [3.05, 3.63) is 64.4 Å². The van der Waals surface area contributed by atoms with Gasteiger partial charge in [-0.3, -0.25) is 0 Å². The van der Waals surface area contributed by atoms with Gasteiger partial charge in [0.15, 0.2) is 0 Å². The van der Waals surface area contributed by atoms with Crippen LogP contribution in [0.3, 0.4) is 0 Å². The molecule has 2 aromatic rings. The second-order valence-corrected chi connectivity index (χ2v) is 4.37. The Hall–Kier alpha value is -1.68. The molecule has 0 atom stereocenters. The maximum atomic E-state index is 13.5. The molecular weight excluding hydrogens is 283 g/mol. The minimum atomic E-state index is -0.404. The zero-order chi connectivity index (χ0) is 12.3. The monoisotopic (exact) mass is 292 g/mol. The van der Waals surface area contributed by atoms with E-state index >= 15 is 0 Å². The van der Waals surface area contributed by atoms with Crippen LogP contribution >= 0.6 is 15.9 Å². The molecule has 0 aliphatic carbocycles. The van der Waals surface area contributed by atoms with Crippen LogP contribution in [0, 0.1) is 5.82 Å². The van der Waals surface area contributed by atoms with Gasteiger partial charge in [-0.15, -0.1) is 0 Å². The SMILES string of the molecule is NC(=Nc1ccc(Br)cc1F)c1ccccc1. The summed E-state index contributed by atoms with van der Waals surface area (Å²) < 4.78 is 14.2. The lowest BCUT2D eigenvalue weighted by molar-refractivity contribution is 0.629. The molecule has 0 unspecified atom stereocenters. The van der Waals surface area contributed by atoms with E-state index in [1.807, 2.05) is 30.3 Å². The maximum Gasteiger partial charge on any atom is 0.150 e. The smallest absolute Gasteiger partial charge is 0.150 e. The molecule has 2 N–H and O–H groups in total. The van der Waals surface area contributed by atoms with Crippen molar-refractivity contribution < 1.29 is 4.39 Å². The molecule has 86 valence electrons. The number of aliphatic imine (C=N–C) groups is 1. The van der Waals surface area contributed by atoms with Gasteiger partial charge in [0.05, 0.1) is 0 Å². The molecular formula is C13H10BrFN2. The van der Waals surface area contributed by atoms with Crippen LogP contribution < -0.4 is 5.73 Å². The van der Waals surface area contributed by atoms with Gasteiger partial charge in [0, 0.05) is 10.0 Å². The second kappa shape index (κ2) is 5.10. The van der Waals surface area contributed by atoms with E-state index in [-0.39, 0.29) is 5.69 Å². The lowest BCUT2D eigenvalue weighted by Crippen LogP contribution is -2.12. The Bertz CT molecular complexity index is 553. The standard InChI is InChI=1S/C13H10BrFN2/c14-10-6-7-12(11(15)8-10)17-13(16)9-4-2-1-3-5-9/h1-8H,(H2,16,17). The van der Waals surface area contributed by atoms with Crippen molar-refractivity contribution in [3.8, 4) is 0 Å². The highest BCUT2D eigenvalue weighted by molar-refractivity contribution is 9.10. The van der Waals surface area contributed by atoms with E-state index < -0.39 is 5.82 Å². The van der Waals surface area contributed by atoms with Crippen molar-refractivity contribution in [2.75, 3.05) is 0 Å². The van der Waals surface area contributed by atoms with Crippen LogP contribution in [0.15, 0.2) is 58.0 Å². The first kappa shape index (κ1) is 11.8. The van der Waals surface area contributed by atoms with Crippen molar-refractivity contribution in [1.82, 2.24) is 0 Å². The molecule has 0 fully saturated rings. The largest absolute Gasteiger partial charge is 0.383 e. The lowest BCUT2D eigenvalue weighted by Gasteiger charge is -2.02. The molecule has 2 nitrogen and oxygen atoms in total. The van der Waals surface area contributed by atoms with E-state index in [2.05, 4.69) is 20.9 Å². The van der Waals surface area contributed by atoms with Crippen LogP contribution in [0.2, 0.25) is 0 Å². The number of nitrogens with zero attached hydrogens (tertiary/aromatic N) is 1. The molecule has 0 aliphatic heterocycles. The number of benzene rings is 2. The molecule has 0 aromatic heterocycles. The average Bonchev–Trinajstić information content (AvgIpc) is 2.34. The highest BCUT2D eigenvalue weighted by Gasteiger charge is 2.03. The summed E-state index contributed by atoms with van der Waals surface area (Å²) in [6, 6.07) is 13.9. The third-order valence-electron chi connectivity index (χ3n) is 2.22. The quantitative estimate of drug-likeness (QED) is 0.666. The van der Waals surface area contributed by atoms with Crippen molar-refractivity contribution in [3.63, 3.8) is 0 Å². The van der Waals surface area contributed by atoms with E-state index in [0.717, 1.165) is 5.56 Å². The fraction of sp³-hybridized carbons (Fsp3) is 0. The van der Waals surface area contributed by atoms with E-state index in [0.29, 0.717) is 10.3 Å². The predicted octanol–water partition coefficient (Wildman–Crippen LogP) is 3.63. The summed E-state index contributed by atoms with van der Waals surface area (Å²) in [6.45, 7) is 0. The normalized spacial score (nSPS) is 11.5. The highest BCUT2D eigenvalue weighted by atomic mass is 79.9. The first-order valence-corrected chi connectivity index (χ1v) is 5.81. The van der Waals surface area contributed by atoms with Gasteiger partial charge in [-0.1, -0.05) is 46.3 Å². The summed E-state index contributed by atoms with van der Waals surface area (Å²) in [4.78, 5) is 4.07. The molecule has 0 heterocycles. The number of amidine groups is 1. The topological polar surface area (TPSA) is 38.4 Å². The van der Waals surface area contributed by atoms with Crippen LogP contribution in [0.5, 0.6) is 0 Å². The predicted molar refractivity (Wildman–Crippen MR) is 70.9 cm³/mol. The Morgan fingerprint density at radius 1 is 1.12 bits per heavy atom. The summed E-state index contributed by atoms with van der Waals surface area (Å²) >= 11 is 3.19. The molecule has 2 aromatic carbocycles.